The van der Waals surface area contributed by atoms with E-state index in [1.165, 1.54) is 0 Å². The van der Waals surface area contributed by atoms with Crippen LogP contribution in [0.15, 0.2) is 48.5 Å². The zero-order valence-electron chi connectivity index (χ0n) is 19.2. The lowest BCUT2D eigenvalue weighted by molar-refractivity contribution is -0.137. The minimum atomic E-state index is -0.955. The molecule has 2 amide bonds. The molecule has 1 aliphatic carbocycles. The summed E-state index contributed by atoms with van der Waals surface area (Å²) in [7, 11) is 0. The molecule has 3 rings (SSSR count). The number of carboxylic acid groups (broad SMARTS) is 1. The lowest BCUT2D eigenvalue weighted by Crippen LogP contribution is -2.42. The first-order chi connectivity index (χ1) is 15.9. The van der Waals surface area contributed by atoms with E-state index in [-0.39, 0.29) is 37.3 Å². The molecule has 2 atom stereocenters. The molecule has 176 valence electrons. The number of aliphatic carboxylic acids is 1. The standard InChI is InChI=1S/C26H32N2O5/c1-3-9-18(14-24(29)27-17(4-2)15-25(30)31)28-26(32)33-16-23-21-12-7-5-10-19(21)20-11-6-8-13-22(20)23/h5-8,10-13,17-18,23H,3-4,9,14-16H2,1-2H3,(H,27,29)(H,28,32)(H,30,31)/t17-,18-/m1/s1. The second kappa shape index (κ2) is 11.5. The number of fused-ring (bicyclic) bond motifs is 3. The van der Waals surface area contributed by atoms with E-state index >= 15 is 0 Å². The average Bonchev–Trinajstić information content (AvgIpc) is 3.11. The van der Waals surface area contributed by atoms with Crippen molar-refractivity contribution in [2.45, 2.75) is 64.0 Å². The number of ether oxygens (including phenoxy) is 1. The largest absolute Gasteiger partial charge is 0.481 e. The molecule has 0 spiro atoms. The quantitative estimate of drug-likeness (QED) is 0.467. The molecule has 0 unspecified atom stereocenters. The topological polar surface area (TPSA) is 105 Å². The number of carboxylic acids is 1. The summed E-state index contributed by atoms with van der Waals surface area (Å²) in [5.41, 5.74) is 4.60. The Morgan fingerprint density at radius 3 is 2.06 bits per heavy atom. The lowest BCUT2D eigenvalue weighted by Gasteiger charge is -2.21. The van der Waals surface area contributed by atoms with Crippen LogP contribution in [0.3, 0.4) is 0 Å². The van der Waals surface area contributed by atoms with Crippen molar-refractivity contribution >= 4 is 18.0 Å². The van der Waals surface area contributed by atoms with Crippen molar-refractivity contribution in [3.05, 3.63) is 59.7 Å². The molecule has 0 bridgehead atoms. The zero-order chi connectivity index (χ0) is 23.8. The van der Waals surface area contributed by atoms with Gasteiger partial charge in [0.25, 0.3) is 0 Å². The Kier molecular flexibility index (Phi) is 8.46. The van der Waals surface area contributed by atoms with Crippen LogP contribution in [0.4, 0.5) is 4.79 Å². The molecule has 0 saturated heterocycles. The fourth-order valence-corrected chi connectivity index (χ4v) is 4.40. The molecule has 0 radical (unpaired) electrons. The second-order valence-electron chi connectivity index (χ2n) is 8.43. The Balaban J connectivity index is 1.57. The second-order valence-corrected chi connectivity index (χ2v) is 8.43. The number of carbonyl (C=O) groups excluding carboxylic acids is 2. The van der Waals surface area contributed by atoms with E-state index in [4.69, 9.17) is 9.84 Å². The predicted molar refractivity (Wildman–Crippen MR) is 126 cm³/mol. The van der Waals surface area contributed by atoms with Crippen molar-refractivity contribution in [1.29, 1.82) is 0 Å². The van der Waals surface area contributed by atoms with Crippen LogP contribution in [-0.4, -0.2) is 41.8 Å². The van der Waals surface area contributed by atoms with Crippen LogP contribution in [0.1, 0.15) is 63.0 Å². The minimum absolute atomic E-state index is 0.0302. The van der Waals surface area contributed by atoms with Gasteiger partial charge in [-0.3, -0.25) is 9.59 Å². The smallest absolute Gasteiger partial charge is 0.407 e. The Hall–Kier alpha value is -3.35. The Labute approximate surface area is 194 Å². The van der Waals surface area contributed by atoms with Crippen LogP contribution in [-0.2, 0) is 14.3 Å². The van der Waals surface area contributed by atoms with Gasteiger partial charge in [-0.15, -0.1) is 0 Å². The van der Waals surface area contributed by atoms with Gasteiger partial charge >= 0.3 is 12.1 Å². The van der Waals surface area contributed by atoms with Crippen molar-refractivity contribution in [2.75, 3.05) is 6.61 Å². The van der Waals surface area contributed by atoms with Gasteiger partial charge in [0.1, 0.15) is 6.61 Å². The molecule has 2 aromatic rings. The number of rotatable bonds is 11. The van der Waals surface area contributed by atoms with Crippen LogP contribution in [0.2, 0.25) is 0 Å². The summed E-state index contributed by atoms with van der Waals surface area (Å²) in [6.07, 6.45) is 1.33. The summed E-state index contributed by atoms with van der Waals surface area (Å²) < 4.78 is 5.59. The van der Waals surface area contributed by atoms with Crippen LogP contribution in [0.5, 0.6) is 0 Å². The summed E-state index contributed by atoms with van der Waals surface area (Å²) in [4.78, 5) is 35.9. The Morgan fingerprint density at radius 1 is 0.909 bits per heavy atom. The van der Waals surface area contributed by atoms with Crippen LogP contribution in [0.25, 0.3) is 11.1 Å². The molecular weight excluding hydrogens is 420 g/mol. The molecule has 0 saturated carbocycles. The molecule has 0 fully saturated rings. The molecule has 2 aromatic carbocycles. The van der Waals surface area contributed by atoms with Gasteiger partial charge in [0.2, 0.25) is 5.91 Å². The van der Waals surface area contributed by atoms with Gasteiger partial charge in [0, 0.05) is 24.4 Å². The number of alkyl carbamates (subject to hydrolysis) is 1. The highest BCUT2D eigenvalue weighted by atomic mass is 16.5. The number of hydrogen-bond acceptors (Lipinski definition) is 4. The van der Waals surface area contributed by atoms with Crippen LogP contribution < -0.4 is 10.6 Å². The highest BCUT2D eigenvalue weighted by Crippen LogP contribution is 2.44. The molecule has 0 aromatic heterocycles. The lowest BCUT2D eigenvalue weighted by atomic mass is 9.98. The molecule has 7 heteroatoms. The summed E-state index contributed by atoms with van der Waals surface area (Å²) in [6, 6.07) is 15.5. The van der Waals surface area contributed by atoms with E-state index in [9.17, 15) is 14.4 Å². The third kappa shape index (κ3) is 6.34. The molecule has 33 heavy (non-hydrogen) atoms. The number of hydrogen-bond donors (Lipinski definition) is 3. The molecule has 0 aliphatic heterocycles. The predicted octanol–water partition coefficient (Wildman–Crippen LogP) is 4.45. The fourth-order valence-electron chi connectivity index (χ4n) is 4.40. The number of nitrogens with one attached hydrogen (secondary N) is 2. The Bertz CT molecular complexity index is 945. The van der Waals surface area contributed by atoms with E-state index in [0.29, 0.717) is 12.8 Å². The monoisotopic (exact) mass is 452 g/mol. The van der Waals surface area contributed by atoms with Gasteiger partial charge in [-0.2, -0.15) is 0 Å². The van der Waals surface area contributed by atoms with Gasteiger partial charge in [-0.25, -0.2) is 4.79 Å². The highest BCUT2D eigenvalue weighted by Gasteiger charge is 2.29. The maximum Gasteiger partial charge on any atom is 0.407 e. The summed E-state index contributed by atoms with van der Waals surface area (Å²) in [6.45, 7) is 4.01. The molecule has 7 nitrogen and oxygen atoms in total. The van der Waals surface area contributed by atoms with Gasteiger partial charge < -0.3 is 20.5 Å². The molecular formula is C26H32N2O5. The van der Waals surface area contributed by atoms with Gasteiger partial charge in [-0.05, 0) is 35.1 Å². The van der Waals surface area contributed by atoms with Gasteiger partial charge in [0.05, 0.1) is 6.42 Å². The van der Waals surface area contributed by atoms with Gasteiger partial charge in [-0.1, -0.05) is 68.8 Å². The SMILES string of the molecule is CCC[C@H](CC(=O)N[C@H](CC)CC(=O)O)NC(=O)OCC1c2ccccc2-c2ccccc21. The van der Waals surface area contributed by atoms with Crippen molar-refractivity contribution < 1.29 is 24.2 Å². The van der Waals surface area contributed by atoms with Gasteiger partial charge in [0.15, 0.2) is 0 Å². The molecule has 3 N–H and O–H groups in total. The first-order valence-electron chi connectivity index (χ1n) is 11.6. The Morgan fingerprint density at radius 2 is 1.52 bits per heavy atom. The summed E-state index contributed by atoms with van der Waals surface area (Å²) in [5.74, 6) is -1.26. The maximum absolute atomic E-state index is 12.6. The van der Waals surface area contributed by atoms with Crippen LogP contribution in [0, 0.1) is 0 Å². The van der Waals surface area contributed by atoms with E-state index in [2.05, 4.69) is 34.9 Å². The van der Waals surface area contributed by atoms with Crippen molar-refractivity contribution in [2.24, 2.45) is 0 Å². The van der Waals surface area contributed by atoms with Crippen molar-refractivity contribution in [3.8, 4) is 11.1 Å². The minimum Gasteiger partial charge on any atom is -0.481 e. The highest BCUT2D eigenvalue weighted by molar-refractivity contribution is 5.80. The third-order valence-corrected chi connectivity index (χ3v) is 6.01. The number of amides is 2. The molecule has 1 aliphatic rings. The average molecular weight is 453 g/mol. The summed E-state index contributed by atoms with van der Waals surface area (Å²) >= 11 is 0. The first-order valence-corrected chi connectivity index (χ1v) is 11.6. The number of benzene rings is 2. The molecule has 0 heterocycles. The van der Waals surface area contributed by atoms with Crippen molar-refractivity contribution in [3.63, 3.8) is 0 Å². The maximum atomic E-state index is 12.6. The fraction of sp³-hybridized carbons (Fsp3) is 0.423. The van der Waals surface area contributed by atoms with Crippen LogP contribution >= 0.6 is 0 Å². The van der Waals surface area contributed by atoms with Crippen molar-refractivity contribution in [1.82, 2.24) is 10.6 Å². The zero-order valence-corrected chi connectivity index (χ0v) is 19.2. The van der Waals surface area contributed by atoms with E-state index in [0.717, 1.165) is 28.7 Å². The summed E-state index contributed by atoms with van der Waals surface area (Å²) in [5, 5.41) is 14.5. The van der Waals surface area contributed by atoms with E-state index in [1.54, 1.807) is 0 Å². The van der Waals surface area contributed by atoms with E-state index < -0.39 is 18.1 Å². The third-order valence-electron chi connectivity index (χ3n) is 6.01. The first kappa shape index (κ1) is 24.3. The number of carbonyl (C=O) groups is 3. The normalized spacial score (nSPS) is 14.0. The van der Waals surface area contributed by atoms with E-state index in [1.807, 2.05) is 38.1 Å².